The van der Waals surface area contributed by atoms with Crippen molar-refractivity contribution < 1.29 is 19.4 Å². The number of carboxylic acid groups (broad SMARTS) is 1. The highest BCUT2D eigenvalue weighted by Gasteiger charge is 2.27. The fraction of sp³-hybridized carbons (Fsp3) is 0.214. The summed E-state index contributed by atoms with van der Waals surface area (Å²) in [6.45, 7) is 9.51. The lowest BCUT2D eigenvalue weighted by Crippen LogP contribution is -2.27. The van der Waals surface area contributed by atoms with Crippen LogP contribution in [-0.2, 0) is 0 Å². The summed E-state index contributed by atoms with van der Waals surface area (Å²) in [5, 5.41) is 13.6. The molecule has 3 aromatic rings. The highest BCUT2D eigenvalue weighted by molar-refractivity contribution is 6.04. The number of Topliss-reactive ketones (excluding diaryl/α,β-unsaturated/α-hetero) is 1. The van der Waals surface area contributed by atoms with Crippen molar-refractivity contribution in [3.05, 3.63) is 87.3 Å². The van der Waals surface area contributed by atoms with Gasteiger partial charge in [-0.2, -0.15) is 0 Å². The number of fused-ring (bicyclic) bond motifs is 2. The van der Waals surface area contributed by atoms with Crippen molar-refractivity contribution in [3.63, 3.8) is 0 Å². The molecule has 0 atom stereocenters. The normalized spacial score (nSPS) is 12.5. The van der Waals surface area contributed by atoms with Crippen LogP contribution >= 0.6 is 0 Å². The summed E-state index contributed by atoms with van der Waals surface area (Å²) in [4.78, 5) is 27.1. The van der Waals surface area contributed by atoms with Gasteiger partial charge < -0.3 is 19.5 Å². The molecule has 0 aromatic heterocycles. The first-order valence-corrected chi connectivity index (χ1v) is 10.7. The van der Waals surface area contributed by atoms with Crippen LogP contribution < -0.4 is 25.2 Å². The number of carboxylic acids is 1. The van der Waals surface area contributed by atoms with E-state index in [-0.39, 0.29) is 11.3 Å². The van der Waals surface area contributed by atoms with Crippen molar-refractivity contribution in [2.75, 3.05) is 19.0 Å². The van der Waals surface area contributed by atoms with Crippen LogP contribution in [0.2, 0.25) is 0 Å². The Labute approximate surface area is 193 Å². The molecule has 1 aliphatic rings. The van der Waals surface area contributed by atoms with Crippen molar-refractivity contribution in [1.29, 1.82) is 0 Å². The van der Waals surface area contributed by atoms with Gasteiger partial charge in [0.25, 0.3) is 0 Å². The molecule has 5 nitrogen and oxygen atoms in total. The number of carbonyl (C=O) groups excluding carboxylic acids is 2. The van der Waals surface area contributed by atoms with Crippen LogP contribution in [-0.4, -0.2) is 25.8 Å². The largest absolute Gasteiger partial charge is 0.545 e. The van der Waals surface area contributed by atoms with Gasteiger partial charge in [0.05, 0.1) is 5.97 Å². The van der Waals surface area contributed by atoms with Crippen LogP contribution in [0.15, 0.2) is 54.6 Å². The standard InChI is InChI=1S/C28H27NO4/c1-16-7-10-20-23(13-16)33-24-15-18(29(5)6)9-12-21(24)25(20)22-14-17(26(30)28(2,3)4)8-11-19(22)27(31)32/h7-15H,1H2,2-6H3,(H,31,32)/p-1. The van der Waals surface area contributed by atoms with Crippen LogP contribution in [0.5, 0.6) is 11.5 Å². The molecule has 5 heteroatoms. The number of nitrogens with zero attached hydrogens (tertiary/aromatic N) is 1. The van der Waals surface area contributed by atoms with Crippen LogP contribution in [0.4, 0.5) is 5.69 Å². The second-order valence-electron chi connectivity index (χ2n) is 9.51. The number of anilines is 1. The summed E-state index contributed by atoms with van der Waals surface area (Å²) in [5.41, 5.74) is 2.64. The van der Waals surface area contributed by atoms with Gasteiger partial charge in [-0.05, 0) is 35.0 Å². The Morgan fingerprint density at radius 1 is 0.909 bits per heavy atom. The Morgan fingerprint density at radius 2 is 1.64 bits per heavy atom. The average Bonchev–Trinajstić information content (AvgIpc) is 2.75. The first-order valence-electron chi connectivity index (χ1n) is 10.7. The number of carbonyl (C=O) groups is 2. The van der Waals surface area contributed by atoms with Gasteiger partial charge in [-0.15, -0.1) is 0 Å². The van der Waals surface area contributed by atoms with Gasteiger partial charge in [-0.1, -0.05) is 51.6 Å². The molecule has 1 aliphatic heterocycles. The molecular formula is C28H26NO4-. The molecule has 0 amide bonds. The van der Waals surface area contributed by atoms with Crippen LogP contribution in [0.3, 0.4) is 0 Å². The van der Waals surface area contributed by atoms with E-state index in [0.717, 1.165) is 21.7 Å². The zero-order valence-electron chi connectivity index (χ0n) is 19.5. The Hall–Kier alpha value is -3.86. The molecule has 0 unspecified atom stereocenters. The van der Waals surface area contributed by atoms with Crippen molar-refractivity contribution in [2.45, 2.75) is 20.8 Å². The van der Waals surface area contributed by atoms with Crippen molar-refractivity contribution >= 4 is 29.6 Å². The molecule has 0 spiro atoms. The Kier molecular flexibility index (Phi) is 5.36. The van der Waals surface area contributed by atoms with Gasteiger partial charge in [-0.3, -0.25) is 4.79 Å². The Bertz CT molecular complexity index is 1410. The summed E-state index contributed by atoms with van der Waals surface area (Å²) in [7, 11) is 3.87. The number of benzene rings is 3. The minimum Gasteiger partial charge on any atom is -0.545 e. The van der Waals surface area contributed by atoms with Crippen molar-refractivity contribution in [1.82, 2.24) is 0 Å². The number of ketones is 1. The minimum atomic E-state index is -1.31. The topological polar surface area (TPSA) is 69.7 Å². The summed E-state index contributed by atoms with van der Waals surface area (Å²) in [6.07, 6.45) is 0. The van der Waals surface area contributed by atoms with Crippen LogP contribution in [0.25, 0.3) is 12.2 Å². The third-order valence-corrected chi connectivity index (χ3v) is 5.74. The molecule has 0 bridgehead atoms. The Morgan fingerprint density at radius 3 is 2.27 bits per heavy atom. The first-order chi connectivity index (χ1) is 15.5. The van der Waals surface area contributed by atoms with Gasteiger partial charge in [-0.25, -0.2) is 0 Å². The summed E-state index contributed by atoms with van der Waals surface area (Å²) in [6, 6.07) is 16.0. The number of hydrogen-bond donors (Lipinski definition) is 0. The molecule has 4 rings (SSSR count). The predicted octanol–water partition coefficient (Wildman–Crippen LogP) is 3.11. The maximum absolute atomic E-state index is 13.0. The quantitative estimate of drug-likeness (QED) is 0.456. The lowest BCUT2D eigenvalue weighted by molar-refractivity contribution is -0.255. The monoisotopic (exact) mass is 440 g/mol. The number of ether oxygens (including phenoxy) is 1. The molecule has 0 saturated carbocycles. The van der Waals surface area contributed by atoms with Crippen molar-refractivity contribution in [3.8, 4) is 11.5 Å². The molecule has 0 N–H and O–H groups in total. The Balaban J connectivity index is 2.10. The molecule has 33 heavy (non-hydrogen) atoms. The second-order valence-corrected chi connectivity index (χ2v) is 9.51. The molecule has 0 radical (unpaired) electrons. The van der Waals surface area contributed by atoms with Crippen LogP contribution in [0.1, 0.15) is 52.6 Å². The fourth-order valence-electron chi connectivity index (χ4n) is 3.99. The third kappa shape index (κ3) is 4.02. The lowest BCUT2D eigenvalue weighted by atomic mass is 9.83. The molecule has 1 heterocycles. The van der Waals surface area contributed by atoms with Gasteiger partial charge >= 0.3 is 0 Å². The van der Waals surface area contributed by atoms with E-state index in [4.69, 9.17) is 4.74 Å². The maximum Gasteiger partial charge on any atom is 0.168 e. The number of hydrogen-bond acceptors (Lipinski definition) is 5. The van der Waals surface area contributed by atoms with Crippen LogP contribution in [0, 0.1) is 5.41 Å². The smallest absolute Gasteiger partial charge is 0.168 e. The van der Waals surface area contributed by atoms with E-state index in [0.29, 0.717) is 28.2 Å². The number of aromatic carboxylic acids is 1. The summed E-state index contributed by atoms with van der Waals surface area (Å²) >= 11 is 0. The van der Waals surface area contributed by atoms with Gasteiger partial charge in [0, 0.05) is 58.7 Å². The molecule has 168 valence electrons. The fourth-order valence-corrected chi connectivity index (χ4v) is 3.99. The third-order valence-electron chi connectivity index (χ3n) is 5.74. The average molecular weight is 441 g/mol. The van der Waals surface area contributed by atoms with Gasteiger partial charge in [0.15, 0.2) is 5.78 Å². The molecule has 0 saturated heterocycles. The number of rotatable bonds is 4. The van der Waals surface area contributed by atoms with Crippen molar-refractivity contribution in [2.24, 2.45) is 5.41 Å². The van der Waals surface area contributed by atoms with Gasteiger partial charge in [0.1, 0.15) is 11.5 Å². The van der Waals surface area contributed by atoms with Gasteiger partial charge in [0.2, 0.25) is 0 Å². The highest BCUT2D eigenvalue weighted by Crippen LogP contribution is 2.39. The molecule has 0 aliphatic carbocycles. The maximum atomic E-state index is 13.0. The summed E-state index contributed by atoms with van der Waals surface area (Å²) < 4.78 is 6.22. The molecule has 3 aromatic carbocycles. The highest BCUT2D eigenvalue weighted by atomic mass is 16.5. The minimum absolute atomic E-state index is 0.0182. The van der Waals surface area contributed by atoms with E-state index in [1.807, 2.05) is 76.2 Å². The van der Waals surface area contributed by atoms with E-state index >= 15 is 0 Å². The van der Waals surface area contributed by atoms with E-state index in [2.05, 4.69) is 6.58 Å². The molecular weight excluding hydrogens is 414 g/mol. The zero-order chi connectivity index (χ0) is 24.1. The molecule has 0 fully saturated rings. The van der Waals surface area contributed by atoms with E-state index in [1.54, 1.807) is 12.1 Å². The van der Waals surface area contributed by atoms with E-state index in [9.17, 15) is 14.7 Å². The lowest BCUT2D eigenvalue weighted by Gasteiger charge is -2.25. The van der Waals surface area contributed by atoms with E-state index < -0.39 is 11.4 Å². The second kappa shape index (κ2) is 7.93. The summed E-state index contributed by atoms with van der Waals surface area (Å²) in [5.74, 6) is -0.192. The zero-order valence-corrected chi connectivity index (χ0v) is 19.5. The van der Waals surface area contributed by atoms with E-state index in [1.165, 1.54) is 6.07 Å². The SMILES string of the molecule is C=c1ccc2c(c1)Oc1cc(N(C)C)ccc1C=2c1cc(C(=O)C(C)(C)C)ccc1C(=O)[O-]. The predicted molar refractivity (Wildman–Crippen MR) is 128 cm³/mol. The first kappa shape index (κ1) is 22.3.